The second kappa shape index (κ2) is 7.61. The van der Waals surface area contributed by atoms with Gasteiger partial charge in [0, 0.05) is 28.8 Å². The van der Waals surface area contributed by atoms with Gasteiger partial charge in [-0.2, -0.15) is 5.26 Å². The van der Waals surface area contributed by atoms with E-state index in [0.29, 0.717) is 15.7 Å². The van der Waals surface area contributed by atoms with E-state index in [-0.39, 0.29) is 29.9 Å². The lowest BCUT2D eigenvalue weighted by molar-refractivity contribution is -0.121. The largest absolute Gasteiger partial charge is 0.320 e. The van der Waals surface area contributed by atoms with Crippen molar-refractivity contribution in [3.05, 3.63) is 44.6 Å². The summed E-state index contributed by atoms with van der Waals surface area (Å²) in [4.78, 5) is 28.9. The highest BCUT2D eigenvalue weighted by Crippen LogP contribution is 2.37. The van der Waals surface area contributed by atoms with Gasteiger partial charge in [-0.1, -0.05) is 17.8 Å². The quantitative estimate of drug-likeness (QED) is 0.837. The molecule has 0 unspecified atom stereocenters. The second-order valence-corrected chi connectivity index (χ2v) is 7.71. The lowest BCUT2D eigenvalue weighted by Crippen LogP contribution is -2.31. The van der Waals surface area contributed by atoms with Crippen LogP contribution in [-0.2, 0) is 9.59 Å². The first-order valence-electron chi connectivity index (χ1n) is 6.97. The lowest BCUT2D eigenvalue weighted by Gasteiger charge is -2.23. The molecular weight excluding hydrogens is 364 g/mol. The maximum absolute atomic E-state index is 12.0. The topological polar surface area (TPSA) is 94.9 Å². The number of anilines is 1. The molecule has 3 heterocycles. The van der Waals surface area contributed by atoms with Crippen LogP contribution in [0.2, 0.25) is 0 Å². The highest BCUT2D eigenvalue weighted by Gasteiger charge is 2.30. The van der Waals surface area contributed by atoms with E-state index in [2.05, 4.69) is 21.7 Å². The van der Waals surface area contributed by atoms with Gasteiger partial charge in [0.05, 0.1) is 22.4 Å². The van der Waals surface area contributed by atoms with E-state index in [1.165, 1.54) is 22.7 Å². The Labute approximate surface area is 150 Å². The smallest absolute Gasteiger partial charge is 0.236 e. The van der Waals surface area contributed by atoms with Crippen LogP contribution >= 0.6 is 34.4 Å². The Balaban J connectivity index is 1.73. The van der Waals surface area contributed by atoms with Crippen LogP contribution in [0.3, 0.4) is 0 Å². The number of hydrogen-bond acceptors (Lipinski definition) is 7. The molecule has 0 aromatic carbocycles. The zero-order valence-electron chi connectivity index (χ0n) is 12.3. The molecule has 0 saturated heterocycles. The second-order valence-electron chi connectivity index (χ2n) is 4.85. The summed E-state index contributed by atoms with van der Waals surface area (Å²) < 4.78 is 0. The van der Waals surface area contributed by atoms with Crippen molar-refractivity contribution in [1.29, 1.82) is 5.26 Å². The first-order chi connectivity index (χ1) is 11.7. The highest BCUT2D eigenvalue weighted by molar-refractivity contribution is 8.03. The van der Waals surface area contributed by atoms with Crippen LogP contribution < -0.4 is 10.6 Å². The summed E-state index contributed by atoms with van der Waals surface area (Å²) in [7, 11) is 0. The summed E-state index contributed by atoms with van der Waals surface area (Å²) in [5.74, 6) is -0.520. The van der Waals surface area contributed by atoms with Crippen LogP contribution in [0.1, 0.15) is 17.2 Å². The third-order valence-corrected chi connectivity index (χ3v) is 5.96. The van der Waals surface area contributed by atoms with Crippen LogP contribution in [0.15, 0.2) is 39.7 Å². The molecule has 1 aliphatic heterocycles. The van der Waals surface area contributed by atoms with Gasteiger partial charge in [-0.3, -0.25) is 9.59 Å². The minimum absolute atomic E-state index is 0.0948. The highest BCUT2D eigenvalue weighted by atomic mass is 32.2. The number of nitriles is 1. The third kappa shape index (κ3) is 3.84. The van der Waals surface area contributed by atoms with Crippen molar-refractivity contribution < 1.29 is 9.59 Å². The predicted molar refractivity (Wildman–Crippen MR) is 95.7 cm³/mol. The van der Waals surface area contributed by atoms with Crippen molar-refractivity contribution in [3.63, 3.8) is 0 Å². The Bertz CT molecular complexity index is 806. The van der Waals surface area contributed by atoms with Gasteiger partial charge in [-0.25, -0.2) is 4.98 Å². The van der Waals surface area contributed by atoms with Crippen LogP contribution in [0.5, 0.6) is 0 Å². The number of nitrogens with one attached hydrogen (secondary N) is 2. The summed E-state index contributed by atoms with van der Waals surface area (Å²) in [5.41, 5.74) is 0.504. The van der Waals surface area contributed by atoms with Crippen LogP contribution in [0.25, 0.3) is 0 Å². The molecule has 9 heteroatoms. The average molecular weight is 376 g/mol. The van der Waals surface area contributed by atoms with Crippen LogP contribution in [0.4, 0.5) is 5.13 Å². The fraction of sp³-hybridized carbons (Fsp3) is 0.200. The fourth-order valence-corrected chi connectivity index (χ4v) is 4.50. The first-order valence-corrected chi connectivity index (χ1v) is 9.71. The number of thiazole rings is 1. The molecule has 2 aromatic rings. The van der Waals surface area contributed by atoms with E-state index in [9.17, 15) is 14.9 Å². The Kier molecular flexibility index (Phi) is 5.30. The van der Waals surface area contributed by atoms with E-state index in [1.807, 2.05) is 17.5 Å². The van der Waals surface area contributed by atoms with Gasteiger partial charge in [0.1, 0.15) is 0 Å². The zero-order chi connectivity index (χ0) is 16.9. The Morgan fingerprint density at radius 1 is 1.50 bits per heavy atom. The number of allylic oxidation sites excluding steroid dienone is 1. The SMILES string of the molecule is N#CC1=C(SCC(=O)Nc2nccs2)NC(=O)C[C@@H]1c1cccs1. The van der Waals surface area contributed by atoms with Crippen LogP contribution in [0, 0.1) is 11.3 Å². The summed E-state index contributed by atoms with van der Waals surface area (Å²) in [6.07, 6.45) is 1.86. The monoisotopic (exact) mass is 376 g/mol. The first kappa shape index (κ1) is 16.7. The van der Waals surface area contributed by atoms with Gasteiger partial charge in [0.2, 0.25) is 11.8 Å². The molecule has 122 valence electrons. The minimum Gasteiger partial charge on any atom is -0.320 e. The molecule has 24 heavy (non-hydrogen) atoms. The van der Waals surface area contributed by atoms with Gasteiger partial charge in [-0.05, 0) is 11.4 Å². The molecule has 2 N–H and O–H groups in total. The normalized spacial score (nSPS) is 17.3. The predicted octanol–water partition coefficient (Wildman–Crippen LogP) is 2.92. The molecule has 0 bridgehead atoms. The van der Waals surface area contributed by atoms with E-state index in [4.69, 9.17) is 0 Å². The van der Waals surface area contributed by atoms with E-state index < -0.39 is 0 Å². The number of carbonyl (C=O) groups is 2. The maximum Gasteiger partial charge on any atom is 0.236 e. The van der Waals surface area contributed by atoms with Crippen LogP contribution in [-0.4, -0.2) is 22.6 Å². The van der Waals surface area contributed by atoms with Gasteiger partial charge in [-0.15, -0.1) is 22.7 Å². The number of carbonyl (C=O) groups excluding carboxylic acids is 2. The molecular formula is C15H12N4O2S3. The number of thiophene rings is 1. The molecule has 0 aliphatic carbocycles. The maximum atomic E-state index is 12.0. The number of hydrogen-bond donors (Lipinski definition) is 2. The third-order valence-electron chi connectivity index (χ3n) is 3.27. The van der Waals surface area contributed by atoms with E-state index >= 15 is 0 Å². The summed E-state index contributed by atoms with van der Waals surface area (Å²) in [6.45, 7) is 0. The molecule has 3 rings (SSSR count). The van der Waals surface area contributed by atoms with Gasteiger partial charge in [0.25, 0.3) is 0 Å². The molecule has 2 amide bonds. The minimum atomic E-state index is -0.242. The summed E-state index contributed by atoms with van der Waals surface area (Å²) in [5, 5.41) is 19.6. The molecule has 0 fully saturated rings. The van der Waals surface area contributed by atoms with Crippen molar-refractivity contribution in [2.45, 2.75) is 12.3 Å². The van der Waals surface area contributed by atoms with E-state index in [1.54, 1.807) is 11.6 Å². The van der Waals surface area contributed by atoms with Gasteiger partial charge < -0.3 is 10.6 Å². The molecule has 0 spiro atoms. The van der Waals surface area contributed by atoms with E-state index in [0.717, 1.165) is 16.6 Å². The number of thioether (sulfide) groups is 1. The van der Waals surface area contributed by atoms with Crippen molar-refractivity contribution in [2.75, 3.05) is 11.1 Å². The zero-order valence-corrected chi connectivity index (χ0v) is 14.8. The summed E-state index contributed by atoms with van der Waals surface area (Å²) in [6, 6.07) is 6.01. The lowest BCUT2D eigenvalue weighted by atomic mass is 9.93. The molecule has 1 atom stereocenters. The molecule has 2 aromatic heterocycles. The number of nitrogens with zero attached hydrogens (tertiary/aromatic N) is 2. The van der Waals surface area contributed by atoms with Gasteiger partial charge >= 0.3 is 0 Å². The Hall–Kier alpha value is -2.15. The van der Waals surface area contributed by atoms with Crippen molar-refractivity contribution in [1.82, 2.24) is 10.3 Å². The molecule has 0 radical (unpaired) electrons. The summed E-state index contributed by atoms with van der Waals surface area (Å²) >= 11 is 4.01. The Morgan fingerprint density at radius 2 is 2.38 bits per heavy atom. The average Bonchev–Trinajstić information content (AvgIpc) is 3.25. The molecule has 6 nitrogen and oxygen atoms in total. The van der Waals surface area contributed by atoms with Crippen molar-refractivity contribution in [2.24, 2.45) is 0 Å². The van der Waals surface area contributed by atoms with Crippen molar-refractivity contribution in [3.8, 4) is 6.07 Å². The van der Waals surface area contributed by atoms with Gasteiger partial charge in [0.15, 0.2) is 5.13 Å². The van der Waals surface area contributed by atoms with Crippen molar-refractivity contribution >= 4 is 51.4 Å². The number of aromatic nitrogens is 1. The molecule has 0 saturated carbocycles. The standard InChI is InChI=1S/C15H12N4O2S3/c16-7-10-9(11-2-1-4-22-11)6-12(20)18-14(10)24-8-13(21)19-15-17-3-5-23-15/h1-5,9H,6,8H2,(H,18,20)(H,17,19,21)/t9-/m0/s1. The molecule has 1 aliphatic rings. The number of rotatable bonds is 5. The fourth-order valence-electron chi connectivity index (χ4n) is 2.24. The number of amides is 2. The Morgan fingerprint density at radius 3 is 3.04 bits per heavy atom.